The highest BCUT2D eigenvalue weighted by molar-refractivity contribution is 5.76. The van der Waals surface area contributed by atoms with E-state index in [4.69, 9.17) is 10.00 Å². The van der Waals surface area contributed by atoms with Crippen LogP contribution >= 0.6 is 0 Å². The fourth-order valence-corrected chi connectivity index (χ4v) is 2.20. The summed E-state index contributed by atoms with van der Waals surface area (Å²) in [4.78, 5) is 11.8. The van der Waals surface area contributed by atoms with E-state index in [1.165, 1.54) is 18.2 Å². The van der Waals surface area contributed by atoms with Crippen LogP contribution < -0.4 is 5.32 Å². The number of halogens is 1. The van der Waals surface area contributed by atoms with E-state index in [1.54, 1.807) is 0 Å². The molecule has 1 aromatic rings. The summed E-state index contributed by atoms with van der Waals surface area (Å²) in [7, 11) is 0. The van der Waals surface area contributed by atoms with E-state index in [0.29, 0.717) is 18.6 Å². The molecule has 0 bridgehead atoms. The van der Waals surface area contributed by atoms with Gasteiger partial charge in [-0.25, -0.2) is 4.39 Å². The number of hydrogen-bond acceptors (Lipinski definition) is 3. The number of ether oxygens (including phenoxy) is 1. The van der Waals surface area contributed by atoms with Crippen molar-refractivity contribution < 1.29 is 13.9 Å². The molecule has 1 aliphatic heterocycles. The van der Waals surface area contributed by atoms with E-state index >= 15 is 0 Å². The van der Waals surface area contributed by atoms with E-state index in [0.717, 1.165) is 19.3 Å². The van der Waals surface area contributed by atoms with Gasteiger partial charge in [0.15, 0.2) is 0 Å². The fourth-order valence-electron chi connectivity index (χ4n) is 2.20. The summed E-state index contributed by atoms with van der Waals surface area (Å²) < 4.78 is 19.1. The molecule has 1 saturated heterocycles. The van der Waals surface area contributed by atoms with E-state index in [2.05, 4.69) is 5.32 Å². The van der Waals surface area contributed by atoms with Crippen molar-refractivity contribution in [1.29, 1.82) is 5.26 Å². The summed E-state index contributed by atoms with van der Waals surface area (Å²) in [5.41, 5.74) is 0.648. The van der Waals surface area contributed by atoms with Crippen LogP contribution in [0.1, 0.15) is 36.8 Å². The van der Waals surface area contributed by atoms with Gasteiger partial charge >= 0.3 is 0 Å². The molecular weight excluding hydrogens is 259 g/mol. The molecule has 1 heterocycles. The van der Waals surface area contributed by atoms with Crippen LogP contribution in [0.15, 0.2) is 18.2 Å². The quantitative estimate of drug-likeness (QED) is 0.917. The molecule has 0 spiro atoms. The molecule has 0 saturated carbocycles. The number of carbonyl (C=O) groups is 1. The first-order valence-electron chi connectivity index (χ1n) is 6.76. The standard InChI is InChI=1S/C15H17FN2O2/c16-14-7-11(9-17)4-5-12(14)10-18-15(19)8-13-3-1-2-6-20-13/h4-5,7,13H,1-3,6,8,10H2,(H,18,19). The van der Waals surface area contributed by atoms with E-state index < -0.39 is 5.82 Å². The average Bonchev–Trinajstić information content (AvgIpc) is 2.47. The third kappa shape index (κ3) is 4.04. The predicted octanol–water partition coefficient (Wildman–Crippen LogP) is 2.27. The topological polar surface area (TPSA) is 62.1 Å². The van der Waals surface area contributed by atoms with Crippen LogP contribution in [-0.2, 0) is 16.1 Å². The lowest BCUT2D eigenvalue weighted by molar-refractivity contribution is -0.125. The normalized spacial score (nSPS) is 18.3. The average molecular weight is 276 g/mol. The van der Waals surface area contributed by atoms with E-state index in [9.17, 15) is 9.18 Å². The van der Waals surface area contributed by atoms with Crippen molar-refractivity contribution in [3.8, 4) is 6.07 Å². The Balaban J connectivity index is 1.82. The maximum atomic E-state index is 13.6. The second-order valence-corrected chi connectivity index (χ2v) is 4.89. The van der Waals surface area contributed by atoms with Crippen LogP contribution in [0.3, 0.4) is 0 Å². The molecule has 5 heteroatoms. The Hall–Kier alpha value is -1.93. The van der Waals surface area contributed by atoms with Crippen molar-refractivity contribution in [2.45, 2.75) is 38.3 Å². The summed E-state index contributed by atoms with van der Waals surface area (Å²) in [5, 5.41) is 11.3. The second-order valence-electron chi connectivity index (χ2n) is 4.89. The zero-order valence-electron chi connectivity index (χ0n) is 11.2. The SMILES string of the molecule is N#Cc1ccc(CNC(=O)CC2CCCCO2)c(F)c1. The Labute approximate surface area is 117 Å². The first-order valence-corrected chi connectivity index (χ1v) is 6.76. The van der Waals surface area contributed by atoms with E-state index in [-0.39, 0.29) is 24.1 Å². The molecule has 1 unspecified atom stereocenters. The van der Waals surface area contributed by atoms with Gasteiger partial charge in [0.2, 0.25) is 5.91 Å². The number of nitriles is 1. The first kappa shape index (κ1) is 14.5. The number of rotatable bonds is 4. The first-order chi connectivity index (χ1) is 9.69. The molecule has 1 N–H and O–H groups in total. The van der Waals surface area contributed by atoms with Gasteiger partial charge in [-0.1, -0.05) is 6.07 Å². The zero-order valence-corrected chi connectivity index (χ0v) is 11.2. The molecule has 1 fully saturated rings. The van der Waals surface area contributed by atoms with Gasteiger partial charge in [0.05, 0.1) is 24.2 Å². The number of hydrogen-bond donors (Lipinski definition) is 1. The number of nitrogens with zero attached hydrogens (tertiary/aromatic N) is 1. The van der Waals surface area contributed by atoms with Crippen LogP contribution in [0.25, 0.3) is 0 Å². The number of carbonyl (C=O) groups excluding carboxylic acids is 1. The molecule has 2 rings (SSSR count). The molecule has 1 aromatic carbocycles. The third-order valence-electron chi connectivity index (χ3n) is 3.35. The van der Waals surface area contributed by atoms with Crippen molar-refractivity contribution in [3.63, 3.8) is 0 Å². The van der Waals surface area contributed by atoms with E-state index in [1.807, 2.05) is 6.07 Å². The minimum atomic E-state index is -0.474. The summed E-state index contributed by atoms with van der Waals surface area (Å²) in [6, 6.07) is 6.10. The van der Waals surface area contributed by atoms with Crippen LogP contribution in [0.5, 0.6) is 0 Å². The fraction of sp³-hybridized carbons (Fsp3) is 0.467. The molecule has 1 amide bonds. The van der Waals surface area contributed by atoms with Gasteiger partial charge < -0.3 is 10.1 Å². The molecule has 106 valence electrons. The number of benzene rings is 1. The molecule has 1 aliphatic rings. The Morgan fingerprint density at radius 1 is 1.50 bits per heavy atom. The van der Waals surface area contributed by atoms with Crippen LogP contribution in [0, 0.1) is 17.1 Å². The van der Waals surface area contributed by atoms with Crippen molar-refractivity contribution in [2.75, 3.05) is 6.61 Å². The van der Waals surface area contributed by atoms with Crippen molar-refractivity contribution >= 4 is 5.91 Å². The second kappa shape index (κ2) is 7.01. The highest BCUT2D eigenvalue weighted by atomic mass is 19.1. The largest absolute Gasteiger partial charge is 0.378 e. The highest BCUT2D eigenvalue weighted by Crippen LogP contribution is 2.15. The molecule has 0 aromatic heterocycles. The lowest BCUT2D eigenvalue weighted by Gasteiger charge is -2.21. The van der Waals surface area contributed by atoms with Crippen LogP contribution in [0.2, 0.25) is 0 Å². The molecule has 0 aliphatic carbocycles. The van der Waals surface area contributed by atoms with Gasteiger partial charge in [-0.2, -0.15) is 5.26 Å². The van der Waals surface area contributed by atoms with Gasteiger partial charge in [0, 0.05) is 18.7 Å². The Kier molecular flexibility index (Phi) is 5.08. The lowest BCUT2D eigenvalue weighted by atomic mass is 10.1. The maximum absolute atomic E-state index is 13.6. The van der Waals surface area contributed by atoms with Gasteiger partial charge in [-0.15, -0.1) is 0 Å². The van der Waals surface area contributed by atoms with Crippen LogP contribution in [0.4, 0.5) is 4.39 Å². The summed E-state index contributed by atoms with van der Waals surface area (Å²) in [6.07, 6.45) is 3.34. The predicted molar refractivity (Wildman–Crippen MR) is 71.2 cm³/mol. The summed E-state index contributed by atoms with van der Waals surface area (Å²) in [6.45, 7) is 0.839. The molecule has 20 heavy (non-hydrogen) atoms. The third-order valence-corrected chi connectivity index (χ3v) is 3.35. The number of nitrogens with one attached hydrogen (secondary N) is 1. The lowest BCUT2D eigenvalue weighted by Crippen LogP contribution is -2.30. The van der Waals surface area contributed by atoms with Gasteiger partial charge in [0.1, 0.15) is 5.82 Å². The van der Waals surface area contributed by atoms with Gasteiger partial charge in [-0.3, -0.25) is 4.79 Å². The molecule has 1 atom stereocenters. The minimum absolute atomic E-state index is 0.0189. The maximum Gasteiger partial charge on any atom is 0.222 e. The molecular formula is C15H17FN2O2. The highest BCUT2D eigenvalue weighted by Gasteiger charge is 2.17. The Morgan fingerprint density at radius 2 is 2.35 bits per heavy atom. The van der Waals surface area contributed by atoms with Crippen molar-refractivity contribution in [3.05, 3.63) is 35.1 Å². The van der Waals surface area contributed by atoms with Gasteiger partial charge in [-0.05, 0) is 31.4 Å². The Morgan fingerprint density at radius 3 is 3.00 bits per heavy atom. The summed E-state index contributed by atoms with van der Waals surface area (Å²) in [5.74, 6) is -0.612. The molecule has 4 nitrogen and oxygen atoms in total. The van der Waals surface area contributed by atoms with Crippen LogP contribution in [-0.4, -0.2) is 18.6 Å². The number of amides is 1. The molecule has 0 radical (unpaired) electrons. The minimum Gasteiger partial charge on any atom is -0.378 e. The monoisotopic (exact) mass is 276 g/mol. The smallest absolute Gasteiger partial charge is 0.222 e. The Bertz CT molecular complexity index is 519. The van der Waals surface area contributed by atoms with Crippen molar-refractivity contribution in [2.24, 2.45) is 0 Å². The summed E-state index contributed by atoms with van der Waals surface area (Å²) >= 11 is 0. The zero-order chi connectivity index (χ0) is 14.4. The van der Waals surface area contributed by atoms with Gasteiger partial charge in [0.25, 0.3) is 0 Å². The van der Waals surface area contributed by atoms with Crippen molar-refractivity contribution in [1.82, 2.24) is 5.32 Å².